The predicted octanol–water partition coefficient (Wildman–Crippen LogP) is 3.39. The van der Waals surface area contributed by atoms with E-state index in [1.54, 1.807) is 7.05 Å². The molecule has 2 aromatic carbocycles. The lowest BCUT2D eigenvalue weighted by Gasteiger charge is -2.13. The van der Waals surface area contributed by atoms with Gasteiger partial charge in [0.1, 0.15) is 5.01 Å². The number of alkyl halides is 3. The van der Waals surface area contributed by atoms with Crippen LogP contribution in [-0.4, -0.2) is 32.3 Å². The summed E-state index contributed by atoms with van der Waals surface area (Å²) in [6.07, 6.45) is -3.92. The maximum absolute atomic E-state index is 12.6. The molecule has 11 heteroatoms. The summed E-state index contributed by atoms with van der Waals surface area (Å²) in [7, 11) is 1.69. The third-order valence-electron chi connectivity index (χ3n) is 4.87. The molecule has 0 saturated heterocycles. The fraction of sp³-hybridized carbons (Fsp3) is 0.250. The molecule has 0 spiro atoms. The molecule has 0 unspecified atom stereocenters. The van der Waals surface area contributed by atoms with Gasteiger partial charge >= 0.3 is 11.9 Å². The van der Waals surface area contributed by atoms with E-state index in [-0.39, 0.29) is 11.7 Å². The summed E-state index contributed by atoms with van der Waals surface area (Å²) in [4.78, 5) is 14.5. The Morgan fingerprint density at radius 2 is 1.94 bits per heavy atom. The molecule has 4 rings (SSSR count). The van der Waals surface area contributed by atoms with E-state index in [1.165, 1.54) is 28.0 Å². The fourth-order valence-electron chi connectivity index (χ4n) is 3.19. The van der Waals surface area contributed by atoms with Crippen LogP contribution in [0.3, 0.4) is 0 Å². The van der Waals surface area contributed by atoms with Gasteiger partial charge in [-0.25, -0.2) is 4.79 Å². The molecule has 31 heavy (non-hydrogen) atoms. The number of nitrogens with zero attached hydrogens (tertiary/aromatic N) is 3. The summed E-state index contributed by atoms with van der Waals surface area (Å²) in [5.74, 6) is 0. The van der Waals surface area contributed by atoms with Crippen molar-refractivity contribution in [3.05, 3.63) is 64.1 Å². The Morgan fingerprint density at radius 3 is 2.65 bits per heavy atom. The van der Waals surface area contributed by atoms with E-state index in [2.05, 4.69) is 20.5 Å². The summed E-state index contributed by atoms with van der Waals surface area (Å²) < 4.78 is 39.5. The van der Waals surface area contributed by atoms with Crippen molar-refractivity contribution in [2.75, 3.05) is 11.9 Å². The highest BCUT2D eigenvalue weighted by Crippen LogP contribution is 2.30. The van der Waals surface area contributed by atoms with Crippen LogP contribution in [0.25, 0.3) is 21.6 Å². The second kappa shape index (κ2) is 8.16. The first-order valence-electron chi connectivity index (χ1n) is 9.39. The van der Waals surface area contributed by atoms with Crippen molar-refractivity contribution >= 4 is 27.5 Å². The Bertz CT molecular complexity index is 1260. The molecule has 2 heterocycles. The van der Waals surface area contributed by atoms with E-state index < -0.39 is 11.7 Å². The molecule has 0 bridgehead atoms. The van der Waals surface area contributed by atoms with Crippen LogP contribution in [0.5, 0.6) is 0 Å². The highest BCUT2D eigenvalue weighted by molar-refractivity contribution is 7.18. The lowest BCUT2D eigenvalue weighted by atomic mass is 10.0. The van der Waals surface area contributed by atoms with Crippen LogP contribution in [-0.2, 0) is 19.6 Å². The second-order valence-corrected chi connectivity index (χ2v) is 8.15. The minimum Gasteiger partial charge on any atom is -0.359 e. The predicted molar refractivity (Wildman–Crippen MR) is 114 cm³/mol. The molecule has 162 valence electrons. The average Bonchev–Trinajstić information content (AvgIpc) is 3.31. The second-order valence-electron chi connectivity index (χ2n) is 7.17. The van der Waals surface area contributed by atoms with Crippen molar-refractivity contribution in [1.29, 1.82) is 0 Å². The number of aromatic amines is 1. The molecule has 1 atom stereocenters. The quantitative estimate of drug-likeness (QED) is 0.420. The molecule has 7 nitrogen and oxygen atoms in total. The van der Waals surface area contributed by atoms with Crippen LogP contribution in [0, 0.1) is 0 Å². The van der Waals surface area contributed by atoms with Gasteiger partial charge in [-0.15, -0.1) is 10.2 Å². The number of nitrogens with two attached hydrogens (primary N) is 1. The number of imidazole rings is 1. The summed E-state index contributed by atoms with van der Waals surface area (Å²) in [5, 5.41) is 12.7. The maximum Gasteiger partial charge on any atom is 0.416 e. The van der Waals surface area contributed by atoms with E-state index in [1.807, 2.05) is 18.2 Å². The van der Waals surface area contributed by atoms with E-state index in [0.717, 1.165) is 34.3 Å². The summed E-state index contributed by atoms with van der Waals surface area (Å²) in [6, 6.07) is 10.2. The van der Waals surface area contributed by atoms with Crippen LogP contribution in [0.1, 0.15) is 11.1 Å². The Balaban J connectivity index is 1.38. The molecule has 4 aromatic rings. The van der Waals surface area contributed by atoms with Gasteiger partial charge in [0.25, 0.3) is 0 Å². The minimum absolute atomic E-state index is 0.186. The number of nitrogens with one attached hydrogen (secondary N) is 2. The number of hydrogen-bond donors (Lipinski definition) is 3. The molecule has 0 fully saturated rings. The van der Waals surface area contributed by atoms with Crippen LogP contribution < -0.4 is 16.7 Å². The van der Waals surface area contributed by atoms with Gasteiger partial charge in [-0.05, 0) is 42.3 Å². The van der Waals surface area contributed by atoms with Gasteiger partial charge in [0.05, 0.1) is 16.6 Å². The summed E-state index contributed by atoms with van der Waals surface area (Å²) >= 11 is 1.35. The standard InChI is InChI=1S/C20H19F3N6OS/c1-29-16-9-12(4-7-15(16)26-19(29)30)17-27-28-18(31-17)25-10-14(24)8-11-2-5-13(6-3-11)20(21,22)23/h2-7,9,14H,8,10,24H2,1H3,(H,25,28)(H,26,30)/t14-/m1/s1. The summed E-state index contributed by atoms with van der Waals surface area (Å²) in [6.45, 7) is 0.390. The molecule has 0 aliphatic carbocycles. The number of aryl methyl sites for hydroxylation is 1. The van der Waals surface area contributed by atoms with Crippen molar-refractivity contribution in [2.45, 2.75) is 18.6 Å². The SMILES string of the molecule is Cn1c(=O)[nH]c2ccc(-c3nnc(NC[C@H](N)Cc4ccc(C(F)(F)F)cc4)s3)cc21. The monoisotopic (exact) mass is 448 g/mol. The van der Waals surface area contributed by atoms with Gasteiger partial charge in [-0.1, -0.05) is 23.5 Å². The fourth-order valence-corrected chi connectivity index (χ4v) is 3.94. The number of H-pyrrole nitrogens is 1. The number of rotatable bonds is 6. The number of anilines is 1. The first kappa shape index (κ1) is 21.1. The van der Waals surface area contributed by atoms with Gasteiger partial charge < -0.3 is 16.0 Å². The first-order valence-corrected chi connectivity index (χ1v) is 10.2. The van der Waals surface area contributed by atoms with E-state index in [4.69, 9.17) is 5.73 Å². The summed E-state index contributed by atoms with van der Waals surface area (Å²) in [5.41, 5.74) is 8.32. The lowest BCUT2D eigenvalue weighted by Crippen LogP contribution is -2.31. The first-order chi connectivity index (χ1) is 14.7. The largest absolute Gasteiger partial charge is 0.416 e. The number of benzene rings is 2. The number of fused-ring (bicyclic) bond motifs is 1. The third-order valence-corrected chi connectivity index (χ3v) is 5.80. The smallest absolute Gasteiger partial charge is 0.359 e. The molecule has 0 radical (unpaired) electrons. The number of aromatic nitrogens is 4. The van der Waals surface area contributed by atoms with E-state index in [9.17, 15) is 18.0 Å². The number of halogens is 3. The van der Waals surface area contributed by atoms with Crippen LogP contribution >= 0.6 is 11.3 Å². The molecule has 0 aliphatic heterocycles. The van der Waals surface area contributed by atoms with Crippen molar-refractivity contribution in [3.63, 3.8) is 0 Å². The Morgan fingerprint density at radius 1 is 1.19 bits per heavy atom. The van der Waals surface area contributed by atoms with Crippen LogP contribution in [0.15, 0.2) is 47.3 Å². The highest BCUT2D eigenvalue weighted by atomic mass is 32.1. The number of hydrogen-bond acceptors (Lipinski definition) is 6. The van der Waals surface area contributed by atoms with Gasteiger partial charge in [0.15, 0.2) is 0 Å². The topological polar surface area (TPSA) is 102 Å². The molecule has 4 N–H and O–H groups in total. The van der Waals surface area contributed by atoms with Crippen molar-refractivity contribution < 1.29 is 13.2 Å². The molecule has 2 aromatic heterocycles. The van der Waals surface area contributed by atoms with Crippen LogP contribution in [0.4, 0.5) is 18.3 Å². The molecular weight excluding hydrogens is 429 g/mol. The zero-order chi connectivity index (χ0) is 22.2. The van der Waals surface area contributed by atoms with Gasteiger partial charge in [0.2, 0.25) is 5.13 Å². The highest BCUT2D eigenvalue weighted by Gasteiger charge is 2.29. The van der Waals surface area contributed by atoms with E-state index in [0.29, 0.717) is 23.1 Å². The van der Waals surface area contributed by atoms with E-state index >= 15 is 0 Å². The van der Waals surface area contributed by atoms with Crippen molar-refractivity contribution in [2.24, 2.45) is 12.8 Å². The maximum atomic E-state index is 12.6. The Hall–Kier alpha value is -3.18. The molecular formula is C20H19F3N6OS. The van der Waals surface area contributed by atoms with Crippen LogP contribution in [0.2, 0.25) is 0 Å². The molecule has 0 amide bonds. The minimum atomic E-state index is -4.35. The average molecular weight is 448 g/mol. The van der Waals surface area contributed by atoms with Gasteiger partial charge in [0, 0.05) is 25.2 Å². The Labute approximate surface area is 178 Å². The molecule has 0 aliphatic rings. The van der Waals surface area contributed by atoms with Gasteiger partial charge in [-0.3, -0.25) is 4.57 Å². The zero-order valence-corrected chi connectivity index (χ0v) is 17.2. The Kier molecular flexibility index (Phi) is 5.54. The third kappa shape index (κ3) is 4.62. The zero-order valence-electron chi connectivity index (χ0n) is 16.4. The van der Waals surface area contributed by atoms with Crippen molar-refractivity contribution in [3.8, 4) is 10.6 Å². The molecule has 0 saturated carbocycles. The van der Waals surface area contributed by atoms with Gasteiger partial charge in [-0.2, -0.15) is 13.2 Å². The van der Waals surface area contributed by atoms with Crippen molar-refractivity contribution in [1.82, 2.24) is 19.7 Å². The normalized spacial score (nSPS) is 12.9. The lowest BCUT2D eigenvalue weighted by molar-refractivity contribution is -0.137.